The molecule has 0 aromatic heterocycles. The van der Waals surface area contributed by atoms with E-state index in [1.54, 1.807) is 26.8 Å². The molecule has 0 radical (unpaired) electrons. The zero-order valence-corrected chi connectivity index (χ0v) is 19.7. The number of rotatable bonds is 8. The van der Waals surface area contributed by atoms with Crippen LogP contribution in [0.3, 0.4) is 0 Å². The Kier molecular flexibility index (Phi) is 7.21. The van der Waals surface area contributed by atoms with Gasteiger partial charge in [-0.05, 0) is 43.4 Å². The highest BCUT2D eigenvalue weighted by Gasteiger charge is 2.60. The largest absolute Gasteiger partial charge is 0.481 e. The summed E-state index contributed by atoms with van der Waals surface area (Å²) >= 11 is 0. The second kappa shape index (κ2) is 9.44. The van der Waals surface area contributed by atoms with Gasteiger partial charge >= 0.3 is 12.1 Å². The number of hydrogen-bond donors (Lipinski definition) is 3. The molecule has 1 saturated heterocycles. The van der Waals surface area contributed by atoms with Crippen molar-refractivity contribution in [2.45, 2.75) is 90.0 Å². The normalized spacial score (nSPS) is 30.5. The number of ketones is 1. The number of aliphatic carboxylic acids is 1. The van der Waals surface area contributed by atoms with Crippen LogP contribution in [0.1, 0.15) is 65.7 Å². The Bertz CT molecular complexity index is 814. The Balaban J connectivity index is 1.73. The van der Waals surface area contributed by atoms with Crippen molar-refractivity contribution >= 4 is 23.8 Å². The van der Waals surface area contributed by atoms with E-state index in [1.807, 2.05) is 0 Å². The zero-order valence-electron chi connectivity index (χ0n) is 19.7. The average molecular weight is 465 g/mol. The number of aliphatic hydroxyl groups excluding tert-OH is 1. The first kappa shape index (κ1) is 25.2. The van der Waals surface area contributed by atoms with Crippen molar-refractivity contribution in [1.82, 2.24) is 10.2 Å². The summed E-state index contributed by atoms with van der Waals surface area (Å²) in [6, 6.07) is -1.91. The predicted octanol–water partition coefficient (Wildman–Crippen LogP) is 2.27. The van der Waals surface area contributed by atoms with Crippen molar-refractivity contribution in [1.29, 1.82) is 0 Å². The Morgan fingerprint density at radius 3 is 2.39 bits per heavy atom. The molecule has 33 heavy (non-hydrogen) atoms. The molecule has 3 rings (SSSR count). The zero-order chi connectivity index (χ0) is 24.6. The molecule has 9 nitrogen and oxygen atoms in total. The molecule has 9 heteroatoms. The number of alkyl carbamates (subject to hydrolysis) is 1. The van der Waals surface area contributed by atoms with Gasteiger partial charge in [-0.3, -0.25) is 14.4 Å². The molecule has 1 heterocycles. The topological polar surface area (TPSA) is 133 Å². The Hall–Kier alpha value is -2.42. The lowest BCUT2D eigenvalue weighted by Crippen LogP contribution is -2.57. The maximum atomic E-state index is 13.5. The quantitative estimate of drug-likeness (QED) is 0.469. The summed E-state index contributed by atoms with van der Waals surface area (Å²) in [7, 11) is 0. The number of nitrogens with zero attached hydrogens (tertiary/aromatic N) is 1. The van der Waals surface area contributed by atoms with Gasteiger partial charge in [0.15, 0.2) is 5.78 Å². The molecule has 0 bridgehead atoms. The SMILES string of the molecule is C=C[C@@H]1C[C@]1(CC(=O)[C@@H]1C[C@H](O)CN1C(=O)[C@@H](NC(=O)OC1CCCC1)C(C)(C)C)C(=O)O. The van der Waals surface area contributed by atoms with Crippen molar-refractivity contribution in [2.75, 3.05) is 6.54 Å². The highest BCUT2D eigenvalue weighted by Crippen LogP contribution is 2.56. The maximum absolute atomic E-state index is 13.5. The van der Waals surface area contributed by atoms with Crippen LogP contribution in [0.15, 0.2) is 12.7 Å². The molecule has 3 N–H and O–H groups in total. The van der Waals surface area contributed by atoms with E-state index in [4.69, 9.17) is 4.74 Å². The van der Waals surface area contributed by atoms with Crippen LogP contribution >= 0.6 is 0 Å². The number of carboxylic acid groups (broad SMARTS) is 1. The number of allylic oxidation sites excluding steroid dienone is 1. The van der Waals surface area contributed by atoms with E-state index in [0.29, 0.717) is 6.42 Å². The van der Waals surface area contributed by atoms with Crippen LogP contribution in [0.5, 0.6) is 0 Å². The van der Waals surface area contributed by atoms with Crippen LogP contribution in [-0.4, -0.2) is 69.7 Å². The molecule has 0 spiro atoms. The number of aliphatic hydroxyl groups is 1. The lowest BCUT2D eigenvalue weighted by atomic mass is 9.85. The van der Waals surface area contributed by atoms with E-state index in [0.717, 1.165) is 25.7 Å². The number of carboxylic acids is 1. The molecular weight excluding hydrogens is 428 g/mol. The van der Waals surface area contributed by atoms with Crippen molar-refractivity contribution in [2.24, 2.45) is 16.7 Å². The third-order valence-corrected chi connectivity index (χ3v) is 7.22. The summed E-state index contributed by atoms with van der Waals surface area (Å²) in [5.41, 5.74) is -1.87. The minimum absolute atomic E-state index is 0.0441. The number of Topliss-reactive ketones (excluding diaryl/α,β-unsaturated/α-hetero) is 1. The van der Waals surface area contributed by atoms with Gasteiger partial charge in [-0.1, -0.05) is 26.8 Å². The highest BCUT2D eigenvalue weighted by molar-refractivity contribution is 5.96. The van der Waals surface area contributed by atoms with E-state index in [-0.39, 0.29) is 31.4 Å². The highest BCUT2D eigenvalue weighted by atomic mass is 16.6. The molecule has 5 atom stereocenters. The maximum Gasteiger partial charge on any atom is 0.408 e. The first-order chi connectivity index (χ1) is 15.4. The van der Waals surface area contributed by atoms with Crippen molar-refractivity contribution in [3.8, 4) is 0 Å². The van der Waals surface area contributed by atoms with Gasteiger partial charge in [0.05, 0.1) is 17.6 Å². The summed E-state index contributed by atoms with van der Waals surface area (Å²) in [6.45, 7) is 8.99. The monoisotopic (exact) mass is 464 g/mol. The van der Waals surface area contributed by atoms with Crippen LogP contribution in [-0.2, 0) is 19.1 Å². The molecule has 184 valence electrons. The number of hydrogen-bond acceptors (Lipinski definition) is 6. The molecule has 0 aromatic rings. The van der Waals surface area contributed by atoms with E-state index in [1.165, 1.54) is 4.90 Å². The van der Waals surface area contributed by atoms with Crippen LogP contribution in [0, 0.1) is 16.7 Å². The minimum atomic E-state index is -1.19. The third kappa shape index (κ3) is 5.39. The molecule has 2 amide bonds. The fourth-order valence-corrected chi connectivity index (χ4v) is 5.08. The third-order valence-electron chi connectivity index (χ3n) is 7.22. The van der Waals surface area contributed by atoms with Crippen LogP contribution < -0.4 is 5.32 Å². The van der Waals surface area contributed by atoms with Gasteiger partial charge in [0.1, 0.15) is 12.1 Å². The number of carbonyl (C=O) groups is 4. The predicted molar refractivity (Wildman–Crippen MR) is 119 cm³/mol. The molecular formula is C24H36N2O7. The second-order valence-corrected chi connectivity index (χ2v) is 10.8. The van der Waals surface area contributed by atoms with Crippen LogP contribution in [0.2, 0.25) is 0 Å². The smallest absolute Gasteiger partial charge is 0.408 e. The lowest BCUT2D eigenvalue weighted by Gasteiger charge is -2.35. The van der Waals surface area contributed by atoms with Crippen molar-refractivity contribution in [3.63, 3.8) is 0 Å². The fourth-order valence-electron chi connectivity index (χ4n) is 5.08. The number of ether oxygens (including phenoxy) is 1. The standard InChI is InChI=1S/C24H36N2O7/c1-5-14-11-24(14,21(30)31)12-18(28)17-10-15(27)13-26(17)20(29)19(23(2,3)4)25-22(32)33-16-8-6-7-9-16/h5,14-17,19,27H,1,6-13H2,2-4H3,(H,25,32)(H,30,31)/t14-,15+,17+,19-,24-/m1/s1. The number of likely N-dealkylation sites (tertiary alicyclic amines) is 1. The van der Waals surface area contributed by atoms with Gasteiger partial charge in [0, 0.05) is 19.4 Å². The van der Waals surface area contributed by atoms with Crippen molar-refractivity contribution in [3.05, 3.63) is 12.7 Å². The van der Waals surface area contributed by atoms with Crippen molar-refractivity contribution < 1.29 is 34.1 Å². The number of amides is 2. The summed E-state index contributed by atoms with van der Waals surface area (Å²) < 4.78 is 5.46. The average Bonchev–Trinajstić information content (AvgIpc) is 3.01. The van der Waals surface area contributed by atoms with Gasteiger partial charge < -0.3 is 25.2 Å². The lowest BCUT2D eigenvalue weighted by molar-refractivity contribution is -0.147. The van der Waals surface area contributed by atoms with Crippen LogP contribution in [0.4, 0.5) is 4.79 Å². The van der Waals surface area contributed by atoms with E-state index in [9.17, 15) is 29.4 Å². The number of carbonyl (C=O) groups excluding carboxylic acids is 3. The van der Waals surface area contributed by atoms with Gasteiger partial charge in [-0.25, -0.2) is 4.79 Å². The first-order valence-corrected chi connectivity index (χ1v) is 11.7. The van der Waals surface area contributed by atoms with E-state index in [2.05, 4.69) is 11.9 Å². The first-order valence-electron chi connectivity index (χ1n) is 11.7. The number of β-amino-alcohol motifs (C(OH)–C–C–N with tert-alkyl or cyclic N) is 1. The number of nitrogens with one attached hydrogen (secondary N) is 1. The molecule has 2 saturated carbocycles. The summed E-state index contributed by atoms with van der Waals surface area (Å²) in [6.07, 6.45) is 3.56. The van der Waals surface area contributed by atoms with E-state index >= 15 is 0 Å². The molecule has 0 aromatic carbocycles. The summed E-state index contributed by atoms with van der Waals surface area (Å²) in [5, 5.41) is 22.6. The van der Waals surface area contributed by atoms with Crippen LogP contribution in [0.25, 0.3) is 0 Å². The Morgan fingerprint density at radius 2 is 1.88 bits per heavy atom. The fraction of sp³-hybridized carbons (Fsp3) is 0.750. The Morgan fingerprint density at radius 1 is 1.24 bits per heavy atom. The van der Waals surface area contributed by atoms with Gasteiger partial charge in [0.2, 0.25) is 5.91 Å². The second-order valence-electron chi connectivity index (χ2n) is 10.8. The molecule has 0 unspecified atom stereocenters. The van der Waals surface area contributed by atoms with Gasteiger partial charge in [0.25, 0.3) is 0 Å². The molecule has 3 fully saturated rings. The van der Waals surface area contributed by atoms with E-state index < -0.39 is 52.8 Å². The van der Waals surface area contributed by atoms with Gasteiger partial charge in [-0.2, -0.15) is 0 Å². The summed E-state index contributed by atoms with van der Waals surface area (Å²) in [4.78, 5) is 52.2. The summed E-state index contributed by atoms with van der Waals surface area (Å²) in [5.74, 6) is -2.22. The van der Waals surface area contributed by atoms with Gasteiger partial charge in [-0.15, -0.1) is 6.58 Å². The minimum Gasteiger partial charge on any atom is -0.481 e. The molecule has 3 aliphatic rings. The molecule has 1 aliphatic heterocycles. The molecule has 2 aliphatic carbocycles. The Labute approximate surface area is 194 Å².